The molecule has 4 rings (SSSR count). The second kappa shape index (κ2) is 12.6. The molecule has 4 heteroatoms. The molecule has 192 valence electrons. The number of hydrogen-bond donors (Lipinski definition) is 0. The fourth-order valence-corrected chi connectivity index (χ4v) is 4.98. The zero-order chi connectivity index (χ0) is 26.2. The lowest BCUT2D eigenvalue weighted by molar-refractivity contribution is 0.251. The van der Waals surface area contributed by atoms with Crippen LogP contribution in [-0.4, -0.2) is 23.5 Å². The maximum atomic E-state index is 14.6. The van der Waals surface area contributed by atoms with E-state index in [0.717, 1.165) is 48.5 Å². The zero-order valence-electron chi connectivity index (χ0n) is 22.4. The van der Waals surface area contributed by atoms with Crippen LogP contribution in [0.4, 0.5) is 4.39 Å². The number of pyridine rings is 1. The normalized spacial score (nSPS) is 11.2. The first-order chi connectivity index (χ1) is 18.0. The summed E-state index contributed by atoms with van der Waals surface area (Å²) < 4.78 is 20.5. The van der Waals surface area contributed by atoms with Crippen molar-refractivity contribution in [2.24, 2.45) is 0 Å². The maximum Gasteiger partial charge on any atom is 0.127 e. The lowest BCUT2D eigenvalue weighted by Crippen LogP contribution is -2.26. The molecule has 0 spiro atoms. The molecule has 0 saturated heterocycles. The van der Waals surface area contributed by atoms with Crippen molar-refractivity contribution >= 4 is 0 Å². The molecule has 37 heavy (non-hydrogen) atoms. The Labute approximate surface area is 221 Å². The van der Waals surface area contributed by atoms with Crippen LogP contribution >= 0.6 is 0 Å². The van der Waals surface area contributed by atoms with E-state index in [-0.39, 0.29) is 5.82 Å². The van der Waals surface area contributed by atoms with Crippen molar-refractivity contribution in [3.63, 3.8) is 0 Å². The fourth-order valence-electron chi connectivity index (χ4n) is 4.98. The molecular weight excluding hydrogens is 459 g/mol. The third-order valence-corrected chi connectivity index (χ3v) is 7.06. The molecule has 0 N–H and O–H groups in total. The number of halogens is 1. The molecular formula is C33H37FN2O. The van der Waals surface area contributed by atoms with Gasteiger partial charge in [0.2, 0.25) is 0 Å². The standard InChI is InChI=1S/C33H37FN2O/c1-5-26-16-12-17-27(6-2)33(26)31-21-32(37-4)29(24(3)35-31)23-36(20-19-25-13-8-7-9-14-25)22-28-15-10-11-18-30(28)34/h7-18,21H,5-6,19-20,22-23H2,1-4H3. The minimum absolute atomic E-state index is 0.173. The van der Waals surface area contributed by atoms with Crippen LogP contribution in [0.2, 0.25) is 0 Å². The van der Waals surface area contributed by atoms with E-state index in [2.05, 4.69) is 74.2 Å². The second-order valence-corrected chi connectivity index (χ2v) is 9.47. The molecule has 0 aliphatic carbocycles. The summed E-state index contributed by atoms with van der Waals surface area (Å²) in [6, 6.07) is 26.0. The minimum Gasteiger partial charge on any atom is -0.496 e. The minimum atomic E-state index is -0.173. The van der Waals surface area contributed by atoms with E-state index in [1.807, 2.05) is 18.2 Å². The Morgan fingerprint density at radius 2 is 1.46 bits per heavy atom. The van der Waals surface area contributed by atoms with Gasteiger partial charge in [-0.3, -0.25) is 9.88 Å². The van der Waals surface area contributed by atoms with Gasteiger partial charge in [-0.1, -0.05) is 80.6 Å². The number of rotatable bonds is 11. The van der Waals surface area contributed by atoms with E-state index in [1.54, 1.807) is 13.2 Å². The van der Waals surface area contributed by atoms with Gasteiger partial charge in [-0.2, -0.15) is 0 Å². The second-order valence-electron chi connectivity index (χ2n) is 9.47. The van der Waals surface area contributed by atoms with Crippen LogP contribution in [0.3, 0.4) is 0 Å². The van der Waals surface area contributed by atoms with Crippen LogP contribution < -0.4 is 4.74 Å². The van der Waals surface area contributed by atoms with Gasteiger partial charge in [0.25, 0.3) is 0 Å². The summed E-state index contributed by atoms with van der Waals surface area (Å²) in [5.41, 5.74) is 8.71. The van der Waals surface area contributed by atoms with Crippen molar-refractivity contribution in [2.45, 2.75) is 53.1 Å². The number of aromatic nitrogens is 1. The van der Waals surface area contributed by atoms with E-state index in [9.17, 15) is 4.39 Å². The van der Waals surface area contributed by atoms with Crippen LogP contribution in [0.25, 0.3) is 11.3 Å². The van der Waals surface area contributed by atoms with Crippen LogP contribution in [0, 0.1) is 12.7 Å². The van der Waals surface area contributed by atoms with Gasteiger partial charge in [0.1, 0.15) is 11.6 Å². The predicted molar refractivity (Wildman–Crippen MR) is 150 cm³/mol. The number of aryl methyl sites for hydroxylation is 3. The van der Waals surface area contributed by atoms with Gasteiger partial charge in [0, 0.05) is 48.1 Å². The van der Waals surface area contributed by atoms with Gasteiger partial charge in [-0.15, -0.1) is 0 Å². The Morgan fingerprint density at radius 3 is 2.11 bits per heavy atom. The summed E-state index contributed by atoms with van der Waals surface area (Å²) in [5, 5.41) is 0. The quantitative estimate of drug-likeness (QED) is 0.214. The smallest absolute Gasteiger partial charge is 0.127 e. The number of hydrogen-bond acceptors (Lipinski definition) is 3. The lowest BCUT2D eigenvalue weighted by atomic mass is 9.94. The van der Waals surface area contributed by atoms with Crippen LogP contribution in [0.5, 0.6) is 5.75 Å². The molecule has 0 unspecified atom stereocenters. The molecule has 0 radical (unpaired) electrons. The summed E-state index contributed by atoms with van der Waals surface area (Å²) in [5.74, 6) is 0.654. The molecule has 0 aliphatic rings. The highest BCUT2D eigenvalue weighted by atomic mass is 19.1. The van der Waals surface area contributed by atoms with Gasteiger partial charge in [-0.05, 0) is 48.9 Å². The predicted octanol–water partition coefficient (Wildman–Crippen LogP) is 7.57. The Hall–Kier alpha value is -3.50. The van der Waals surface area contributed by atoms with Gasteiger partial charge >= 0.3 is 0 Å². The molecule has 0 aliphatic heterocycles. The first kappa shape index (κ1) is 26.6. The fraction of sp³-hybridized carbons (Fsp3) is 0.303. The molecule has 4 aromatic rings. The summed E-state index contributed by atoms with van der Waals surface area (Å²) in [6.07, 6.45) is 2.78. The van der Waals surface area contributed by atoms with Crippen molar-refractivity contribution in [3.05, 3.63) is 118 Å². The van der Waals surface area contributed by atoms with Crippen molar-refractivity contribution in [2.75, 3.05) is 13.7 Å². The number of nitrogens with zero attached hydrogens (tertiary/aromatic N) is 2. The van der Waals surface area contributed by atoms with Gasteiger partial charge < -0.3 is 4.74 Å². The molecule has 0 saturated carbocycles. The lowest BCUT2D eigenvalue weighted by Gasteiger charge is -2.25. The van der Waals surface area contributed by atoms with Crippen molar-refractivity contribution in [1.29, 1.82) is 0 Å². The molecule has 0 atom stereocenters. The SMILES string of the molecule is CCc1cccc(CC)c1-c1cc(OC)c(CN(CCc2ccccc2)Cc2ccccc2F)c(C)n1. The number of benzene rings is 3. The van der Waals surface area contributed by atoms with E-state index in [4.69, 9.17) is 9.72 Å². The highest BCUT2D eigenvalue weighted by molar-refractivity contribution is 5.70. The van der Waals surface area contributed by atoms with Crippen molar-refractivity contribution in [1.82, 2.24) is 9.88 Å². The highest BCUT2D eigenvalue weighted by Gasteiger charge is 2.19. The van der Waals surface area contributed by atoms with E-state index in [0.29, 0.717) is 18.7 Å². The molecule has 0 fully saturated rings. The Kier molecular flexibility index (Phi) is 9.08. The van der Waals surface area contributed by atoms with Crippen molar-refractivity contribution < 1.29 is 9.13 Å². The topological polar surface area (TPSA) is 25.4 Å². The Morgan fingerprint density at radius 1 is 0.811 bits per heavy atom. The average Bonchev–Trinajstić information content (AvgIpc) is 2.93. The summed E-state index contributed by atoms with van der Waals surface area (Å²) >= 11 is 0. The van der Waals surface area contributed by atoms with Crippen LogP contribution in [0.15, 0.2) is 78.9 Å². The van der Waals surface area contributed by atoms with Gasteiger partial charge in [-0.25, -0.2) is 4.39 Å². The zero-order valence-corrected chi connectivity index (χ0v) is 22.4. The maximum absolute atomic E-state index is 14.6. The summed E-state index contributed by atoms with van der Waals surface area (Å²) in [6.45, 7) is 8.36. The molecule has 1 heterocycles. The van der Waals surface area contributed by atoms with Crippen LogP contribution in [0.1, 0.15) is 47.4 Å². The number of methoxy groups -OCH3 is 1. The molecule has 1 aromatic heterocycles. The van der Waals surface area contributed by atoms with E-state index in [1.165, 1.54) is 28.3 Å². The first-order valence-electron chi connectivity index (χ1n) is 13.2. The molecule has 3 aromatic carbocycles. The number of ether oxygens (including phenoxy) is 1. The van der Waals surface area contributed by atoms with E-state index < -0.39 is 0 Å². The van der Waals surface area contributed by atoms with Gasteiger partial charge in [0.05, 0.1) is 12.8 Å². The largest absolute Gasteiger partial charge is 0.496 e. The Balaban J connectivity index is 1.68. The Bertz CT molecular complexity index is 1300. The summed E-state index contributed by atoms with van der Waals surface area (Å²) in [7, 11) is 1.72. The van der Waals surface area contributed by atoms with Crippen LogP contribution in [-0.2, 0) is 32.4 Å². The average molecular weight is 497 g/mol. The van der Waals surface area contributed by atoms with Crippen molar-refractivity contribution in [3.8, 4) is 17.0 Å². The monoisotopic (exact) mass is 496 g/mol. The highest BCUT2D eigenvalue weighted by Crippen LogP contribution is 2.33. The molecule has 0 bridgehead atoms. The molecule has 0 amide bonds. The summed E-state index contributed by atoms with van der Waals surface area (Å²) in [4.78, 5) is 7.37. The first-order valence-corrected chi connectivity index (χ1v) is 13.2. The van der Waals surface area contributed by atoms with Gasteiger partial charge in [0.15, 0.2) is 0 Å². The van der Waals surface area contributed by atoms with E-state index >= 15 is 0 Å². The molecule has 3 nitrogen and oxygen atoms in total. The third-order valence-electron chi connectivity index (χ3n) is 7.06. The third kappa shape index (κ3) is 6.44.